The molecule has 0 spiro atoms. The maximum Gasteiger partial charge on any atom is 0.257 e. The number of nitrogens with zero attached hydrogens (tertiary/aromatic N) is 2. The molecule has 0 radical (unpaired) electrons. The van der Waals surface area contributed by atoms with Crippen LogP contribution >= 0.6 is 0 Å². The fourth-order valence-corrected chi connectivity index (χ4v) is 2.69. The van der Waals surface area contributed by atoms with Crippen LogP contribution in [-0.4, -0.2) is 17.9 Å². The van der Waals surface area contributed by atoms with Crippen LogP contribution in [0, 0.1) is 0 Å². The Morgan fingerprint density at radius 1 is 0.962 bits per heavy atom. The Kier molecular flexibility index (Phi) is 5.32. The largest absolute Gasteiger partial charge is 0.343 e. The van der Waals surface area contributed by atoms with Gasteiger partial charge in [-0.15, -0.1) is 0 Å². The van der Waals surface area contributed by atoms with Crippen molar-refractivity contribution in [1.29, 1.82) is 0 Å². The van der Waals surface area contributed by atoms with Gasteiger partial charge in [0.1, 0.15) is 0 Å². The third-order valence-electron chi connectivity index (χ3n) is 4.35. The normalized spacial score (nSPS) is 10.6. The minimum absolute atomic E-state index is 0.168. The van der Waals surface area contributed by atoms with Gasteiger partial charge in [-0.25, -0.2) is 0 Å². The molecule has 1 amide bonds. The summed E-state index contributed by atoms with van der Waals surface area (Å²) < 4.78 is 0. The first-order valence-corrected chi connectivity index (χ1v) is 8.70. The Morgan fingerprint density at radius 2 is 1.65 bits per heavy atom. The van der Waals surface area contributed by atoms with E-state index in [2.05, 4.69) is 24.1 Å². The molecule has 0 fully saturated rings. The predicted octanol–water partition coefficient (Wildman–Crippen LogP) is 5.23. The van der Waals surface area contributed by atoms with Crippen molar-refractivity contribution < 1.29 is 4.79 Å². The van der Waals surface area contributed by atoms with Crippen molar-refractivity contribution in [2.75, 3.05) is 17.3 Å². The van der Waals surface area contributed by atoms with E-state index in [1.54, 1.807) is 12.4 Å². The highest BCUT2D eigenvalue weighted by Gasteiger charge is 2.11. The van der Waals surface area contributed by atoms with E-state index >= 15 is 0 Å². The summed E-state index contributed by atoms with van der Waals surface area (Å²) in [5.41, 5.74) is 4.45. The number of carbonyl (C=O) groups excluding carboxylic acids is 1. The van der Waals surface area contributed by atoms with Crippen molar-refractivity contribution in [1.82, 2.24) is 4.98 Å². The average Bonchev–Trinajstić information content (AvgIpc) is 2.68. The molecule has 0 unspecified atom stereocenters. The highest BCUT2D eigenvalue weighted by molar-refractivity contribution is 6.04. The fourth-order valence-electron chi connectivity index (χ4n) is 2.69. The zero-order valence-electron chi connectivity index (χ0n) is 15.3. The summed E-state index contributed by atoms with van der Waals surface area (Å²) >= 11 is 0. The van der Waals surface area contributed by atoms with Crippen molar-refractivity contribution >= 4 is 23.0 Å². The lowest BCUT2D eigenvalue weighted by molar-refractivity contribution is 0.102. The van der Waals surface area contributed by atoms with Crippen LogP contribution in [-0.2, 0) is 0 Å². The molecular weight excluding hydrogens is 322 g/mol. The van der Waals surface area contributed by atoms with E-state index in [9.17, 15) is 4.79 Å². The summed E-state index contributed by atoms with van der Waals surface area (Å²) in [5.74, 6) is 0.298. The molecule has 4 heteroatoms. The molecule has 0 aliphatic heterocycles. The fraction of sp³-hybridized carbons (Fsp3) is 0.182. The number of carbonyl (C=O) groups is 1. The van der Waals surface area contributed by atoms with Crippen molar-refractivity contribution in [3.63, 3.8) is 0 Å². The minimum Gasteiger partial charge on any atom is -0.343 e. The maximum absolute atomic E-state index is 12.6. The molecular formula is C22H23N3O. The van der Waals surface area contributed by atoms with Crippen molar-refractivity contribution in [2.24, 2.45) is 0 Å². The third-order valence-corrected chi connectivity index (χ3v) is 4.35. The van der Waals surface area contributed by atoms with E-state index in [-0.39, 0.29) is 5.91 Å². The van der Waals surface area contributed by atoms with Crippen LogP contribution in [0.3, 0.4) is 0 Å². The van der Waals surface area contributed by atoms with Gasteiger partial charge < -0.3 is 10.2 Å². The topological polar surface area (TPSA) is 45.2 Å². The van der Waals surface area contributed by atoms with E-state index in [4.69, 9.17) is 0 Å². The van der Waals surface area contributed by atoms with E-state index in [0.717, 1.165) is 17.1 Å². The second kappa shape index (κ2) is 7.83. The summed E-state index contributed by atoms with van der Waals surface area (Å²) in [6.45, 7) is 4.29. The van der Waals surface area contributed by atoms with E-state index in [0.29, 0.717) is 11.5 Å². The number of amides is 1. The molecule has 2 aromatic carbocycles. The first-order chi connectivity index (χ1) is 12.5. The van der Waals surface area contributed by atoms with Gasteiger partial charge in [0.2, 0.25) is 0 Å². The average molecular weight is 345 g/mol. The van der Waals surface area contributed by atoms with E-state index < -0.39 is 0 Å². The smallest absolute Gasteiger partial charge is 0.257 e. The van der Waals surface area contributed by atoms with Crippen molar-refractivity contribution in [3.05, 3.63) is 84.2 Å². The van der Waals surface area contributed by atoms with Gasteiger partial charge in [-0.1, -0.05) is 44.2 Å². The molecule has 3 rings (SSSR count). The molecule has 1 N–H and O–H groups in total. The van der Waals surface area contributed by atoms with Gasteiger partial charge in [0.25, 0.3) is 5.91 Å². The Balaban J connectivity index is 1.76. The van der Waals surface area contributed by atoms with Crippen LogP contribution in [0.1, 0.15) is 35.7 Å². The maximum atomic E-state index is 12.6. The van der Waals surface area contributed by atoms with Crippen LogP contribution in [0.25, 0.3) is 0 Å². The molecule has 0 saturated heterocycles. The molecule has 3 aromatic rings. The Morgan fingerprint density at radius 3 is 2.31 bits per heavy atom. The lowest BCUT2D eigenvalue weighted by atomic mass is 10.0. The molecule has 4 nitrogen and oxygen atoms in total. The number of hydrogen-bond acceptors (Lipinski definition) is 3. The summed E-state index contributed by atoms with van der Waals surface area (Å²) in [5, 5.41) is 2.93. The molecule has 132 valence electrons. The third kappa shape index (κ3) is 4.09. The van der Waals surface area contributed by atoms with E-state index in [1.807, 2.05) is 72.6 Å². The molecule has 0 saturated carbocycles. The lowest BCUT2D eigenvalue weighted by Crippen LogP contribution is -2.15. The van der Waals surface area contributed by atoms with Gasteiger partial charge in [0, 0.05) is 24.6 Å². The highest BCUT2D eigenvalue weighted by Crippen LogP contribution is 2.23. The second-order valence-electron chi connectivity index (χ2n) is 6.56. The summed E-state index contributed by atoms with van der Waals surface area (Å²) in [6.07, 6.45) is 3.33. The van der Waals surface area contributed by atoms with Gasteiger partial charge >= 0.3 is 0 Å². The number of benzene rings is 2. The standard InChI is InChI=1S/C22H23N3O/c1-16(2)17-9-11-19(12-10-17)24-22(26)18-13-21(15-23-14-18)25(3)20-7-5-4-6-8-20/h4-16H,1-3H3,(H,24,26). The van der Waals surface area contributed by atoms with Crippen LogP contribution in [0.2, 0.25) is 0 Å². The van der Waals surface area contributed by atoms with Gasteiger partial charge in [-0.2, -0.15) is 0 Å². The van der Waals surface area contributed by atoms with Crippen LogP contribution < -0.4 is 10.2 Å². The van der Waals surface area contributed by atoms with Crippen LogP contribution in [0.5, 0.6) is 0 Å². The minimum atomic E-state index is -0.168. The molecule has 1 aromatic heterocycles. The summed E-state index contributed by atoms with van der Waals surface area (Å²) in [4.78, 5) is 18.8. The quantitative estimate of drug-likeness (QED) is 0.689. The molecule has 0 atom stereocenters. The molecule has 0 aliphatic carbocycles. The molecule has 0 bridgehead atoms. The van der Waals surface area contributed by atoms with E-state index in [1.165, 1.54) is 5.56 Å². The Hall–Kier alpha value is -3.14. The molecule has 1 heterocycles. The Labute approximate surface area is 154 Å². The molecule has 0 aliphatic rings. The molecule has 26 heavy (non-hydrogen) atoms. The van der Waals surface area contributed by atoms with Crippen molar-refractivity contribution in [2.45, 2.75) is 19.8 Å². The number of para-hydroxylation sites is 1. The number of anilines is 3. The summed E-state index contributed by atoms with van der Waals surface area (Å²) in [7, 11) is 1.96. The SMILES string of the molecule is CC(C)c1ccc(NC(=O)c2cncc(N(C)c3ccccc3)c2)cc1. The van der Waals surface area contributed by atoms with Crippen LogP contribution in [0.15, 0.2) is 73.1 Å². The predicted molar refractivity (Wildman–Crippen MR) is 107 cm³/mol. The zero-order valence-corrected chi connectivity index (χ0v) is 15.3. The van der Waals surface area contributed by atoms with Gasteiger partial charge in [0.15, 0.2) is 0 Å². The highest BCUT2D eigenvalue weighted by atomic mass is 16.1. The van der Waals surface area contributed by atoms with Gasteiger partial charge in [-0.05, 0) is 41.8 Å². The lowest BCUT2D eigenvalue weighted by Gasteiger charge is -2.19. The zero-order chi connectivity index (χ0) is 18.5. The second-order valence-corrected chi connectivity index (χ2v) is 6.56. The number of aromatic nitrogens is 1. The van der Waals surface area contributed by atoms with Crippen molar-refractivity contribution in [3.8, 4) is 0 Å². The van der Waals surface area contributed by atoms with Crippen LogP contribution in [0.4, 0.5) is 17.1 Å². The Bertz CT molecular complexity index is 873. The number of hydrogen-bond donors (Lipinski definition) is 1. The first kappa shape index (κ1) is 17.7. The number of nitrogens with one attached hydrogen (secondary N) is 1. The van der Waals surface area contributed by atoms with Gasteiger partial charge in [0.05, 0.1) is 17.4 Å². The number of rotatable bonds is 5. The monoisotopic (exact) mass is 345 g/mol. The first-order valence-electron chi connectivity index (χ1n) is 8.70. The summed E-state index contributed by atoms with van der Waals surface area (Å²) in [6, 6.07) is 19.8. The van der Waals surface area contributed by atoms with Gasteiger partial charge in [-0.3, -0.25) is 9.78 Å². The number of pyridine rings is 1.